The van der Waals surface area contributed by atoms with Crippen molar-refractivity contribution in [3.05, 3.63) is 59.4 Å². The van der Waals surface area contributed by atoms with Crippen LogP contribution in [0.3, 0.4) is 0 Å². The lowest BCUT2D eigenvalue weighted by Crippen LogP contribution is -2.41. The summed E-state index contributed by atoms with van der Waals surface area (Å²) in [6.07, 6.45) is 0. The van der Waals surface area contributed by atoms with E-state index in [-0.39, 0.29) is 4.90 Å². The molecule has 0 saturated carbocycles. The molecular formula is C15H14ClFN2O3S. The first-order valence-electron chi connectivity index (χ1n) is 6.62. The Hall–Kier alpha value is -1.96. The molecule has 0 heterocycles. The molecule has 2 aromatic rings. The fourth-order valence-corrected chi connectivity index (χ4v) is 3.08. The molecular weight excluding hydrogens is 343 g/mol. The number of carbonyl (C=O) groups is 1. The third-order valence-electron chi connectivity index (χ3n) is 2.96. The van der Waals surface area contributed by atoms with Gasteiger partial charge in [-0.25, -0.2) is 12.8 Å². The lowest BCUT2D eigenvalue weighted by Gasteiger charge is -2.14. The highest BCUT2D eigenvalue weighted by molar-refractivity contribution is 7.89. The van der Waals surface area contributed by atoms with Crippen molar-refractivity contribution in [1.82, 2.24) is 4.72 Å². The average molecular weight is 357 g/mol. The van der Waals surface area contributed by atoms with E-state index >= 15 is 0 Å². The SMILES string of the molecule is CC(NS(=O)(=O)c1ccc(Cl)cc1)C(=O)Nc1ccc(F)cc1. The standard InChI is InChI=1S/C15H14ClFN2O3S/c1-10(15(20)18-13-6-4-12(17)5-7-13)19-23(21,22)14-8-2-11(16)3-9-14/h2-10,19H,1H3,(H,18,20). The van der Waals surface area contributed by atoms with Crippen LogP contribution in [0.5, 0.6) is 0 Å². The predicted molar refractivity (Wildman–Crippen MR) is 86.3 cm³/mol. The molecule has 0 saturated heterocycles. The van der Waals surface area contributed by atoms with Crippen molar-refractivity contribution in [2.45, 2.75) is 17.9 Å². The zero-order chi connectivity index (χ0) is 17.0. The fraction of sp³-hybridized carbons (Fsp3) is 0.133. The summed E-state index contributed by atoms with van der Waals surface area (Å²) in [6, 6.07) is 9.71. The van der Waals surface area contributed by atoms with E-state index in [0.717, 1.165) is 0 Å². The van der Waals surface area contributed by atoms with E-state index in [1.807, 2.05) is 0 Å². The van der Waals surface area contributed by atoms with Crippen molar-refractivity contribution in [2.75, 3.05) is 5.32 Å². The van der Waals surface area contributed by atoms with E-state index in [1.54, 1.807) is 0 Å². The van der Waals surface area contributed by atoms with Gasteiger partial charge in [-0.2, -0.15) is 4.72 Å². The van der Waals surface area contributed by atoms with Gasteiger partial charge in [0, 0.05) is 10.7 Å². The maximum absolute atomic E-state index is 12.8. The van der Waals surface area contributed by atoms with Gasteiger partial charge < -0.3 is 5.32 Å². The molecule has 2 N–H and O–H groups in total. The Balaban J connectivity index is 2.05. The third-order valence-corrected chi connectivity index (χ3v) is 4.77. The second-order valence-electron chi connectivity index (χ2n) is 4.79. The van der Waals surface area contributed by atoms with Crippen molar-refractivity contribution in [3.63, 3.8) is 0 Å². The minimum Gasteiger partial charge on any atom is -0.325 e. The van der Waals surface area contributed by atoms with Crippen LogP contribution in [0, 0.1) is 5.82 Å². The molecule has 1 unspecified atom stereocenters. The van der Waals surface area contributed by atoms with Crippen molar-refractivity contribution in [2.24, 2.45) is 0 Å². The molecule has 8 heteroatoms. The summed E-state index contributed by atoms with van der Waals surface area (Å²) in [5, 5.41) is 2.91. The van der Waals surface area contributed by atoms with Crippen LogP contribution in [0.25, 0.3) is 0 Å². The largest absolute Gasteiger partial charge is 0.325 e. The number of hydrogen-bond acceptors (Lipinski definition) is 3. The van der Waals surface area contributed by atoms with Gasteiger partial charge in [-0.3, -0.25) is 4.79 Å². The molecule has 0 aliphatic carbocycles. The number of nitrogens with one attached hydrogen (secondary N) is 2. The maximum Gasteiger partial charge on any atom is 0.242 e. The number of anilines is 1. The first-order valence-corrected chi connectivity index (χ1v) is 8.48. The van der Waals surface area contributed by atoms with Crippen LogP contribution in [0.1, 0.15) is 6.92 Å². The molecule has 2 rings (SSSR count). The van der Waals surface area contributed by atoms with Crippen LogP contribution >= 0.6 is 11.6 Å². The molecule has 23 heavy (non-hydrogen) atoms. The van der Waals surface area contributed by atoms with Gasteiger partial charge >= 0.3 is 0 Å². The summed E-state index contributed by atoms with van der Waals surface area (Å²) in [6.45, 7) is 1.41. The molecule has 122 valence electrons. The van der Waals surface area contributed by atoms with Gasteiger partial charge in [0.25, 0.3) is 0 Å². The average Bonchev–Trinajstić information content (AvgIpc) is 2.49. The van der Waals surface area contributed by atoms with Crippen LogP contribution in [-0.4, -0.2) is 20.4 Å². The number of hydrogen-bond donors (Lipinski definition) is 2. The minimum atomic E-state index is -3.85. The van der Waals surface area contributed by atoms with Gasteiger partial charge in [0.1, 0.15) is 5.82 Å². The molecule has 2 aromatic carbocycles. The molecule has 0 fully saturated rings. The van der Waals surface area contributed by atoms with Gasteiger partial charge in [-0.05, 0) is 55.5 Å². The van der Waals surface area contributed by atoms with E-state index in [9.17, 15) is 17.6 Å². The molecule has 0 spiro atoms. The summed E-state index contributed by atoms with van der Waals surface area (Å²) >= 11 is 5.71. The normalized spacial score (nSPS) is 12.7. The Morgan fingerprint density at radius 3 is 2.22 bits per heavy atom. The molecule has 0 aliphatic rings. The Morgan fingerprint density at radius 1 is 1.09 bits per heavy atom. The first-order chi connectivity index (χ1) is 10.8. The predicted octanol–water partition coefficient (Wildman–Crippen LogP) is 2.78. The summed E-state index contributed by atoms with van der Waals surface area (Å²) < 4.78 is 39.4. The molecule has 0 radical (unpaired) electrons. The number of sulfonamides is 1. The molecule has 0 aliphatic heterocycles. The first kappa shape index (κ1) is 17.4. The summed E-state index contributed by atoms with van der Waals surface area (Å²) in [7, 11) is -3.85. The number of benzene rings is 2. The Labute approximate surface area is 138 Å². The Bertz CT molecular complexity index is 792. The van der Waals surface area contributed by atoms with Gasteiger partial charge in [0.2, 0.25) is 15.9 Å². The van der Waals surface area contributed by atoms with Crippen LogP contribution in [0.2, 0.25) is 5.02 Å². The summed E-state index contributed by atoms with van der Waals surface area (Å²) in [5.74, 6) is -0.992. The van der Waals surface area contributed by atoms with Crippen molar-refractivity contribution < 1.29 is 17.6 Å². The molecule has 1 atom stereocenters. The van der Waals surface area contributed by atoms with Crippen LogP contribution < -0.4 is 10.0 Å². The number of amides is 1. The van der Waals surface area contributed by atoms with E-state index in [2.05, 4.69) is 10.0 Å². The lowest BCUT2D eigenvalue weighted by atomic mass is 10.3. The van der Waals surface area contributed by atoms with Crippen LogP contribution in [0.15, 0.2) is 53.4 Å². The zero-order valence-corrected chi connectivity index (χ0v) is 13.7. The molecule has 0 bridgehead atoms. The lowest BCUT2D eigenvalue weighted by molar-refractivity contribution is -0.117. The molecule has 5 nitrogen and oxygen atoms in total. The monoisotopic (exact) mass is 356 g/mol. The Morgan fingerprint density at radius 2 is 1.65 bits per heavy atom. The fourth-order valence-electron chi connectivity index (χ4n) is 1.75. The van der Waals surface area contributed by atoms with Gasteiger partial charge in [0.15, 0.2) is 0 Å². The molecule has 0 aromatic heterocycles. The highest BCUT2D eigenvalue weighted by atomic mass is 35.5. The van der Waals surface area contributed by atoms with Crippen molar-refractivity contribution in [1.29, 1.82) is 0 Å². The second-order valence-corrected chi connectivity index (χ2v) is 6.94. The Kier molecular flexibility index (Phi) is 5.35. The van der Waals surface area contributed by atoms with E-state index in [1.165, 1.54) is 55.5 Å². The van der Waals surface area contributed by atoms with Gasteiger partial charge in [0.05, 0.1) is 10.9 Å². The van der Waals surface area contributed by atoms with Gasteiger partial charge in [-0.1, -0.05) is 11.6 Å². The van der Waals surface area contributed by atoms with Gasteiger partial charge in [-0.15, -0.1) is 0 Å². The minimum absolute atomic E-state index is 0.00309. The van der Waals surface area contributed by atoms with E-state index in [4.69, 9.17) is 11.6 Å². The van der Waals surface area contributed by atoms with Crippen LogP contribution in [-0.2, 0) is 14.8 Å². The summed E-state index contributed by atoms with van der Waals surface area (Å²) in [5.41, 5.74) is 0.369. The van der Waals surface area contributed by atoms with Crippen molar-refractivity contribution >= 4 is 33.2 Å². The van der Waals surface area contributed by atoms with E-state index < -0.39 is 27.8 Å². The van der Waals surface area contributed by atoms with Crippen molar-refractivity contribution in [3.8, 4) is 0 Å². The molecule has 1 amide bonds. The quantitative estimate of drug-likeness (QED) is 0.865. The van der Waals surface area contributed by atoms with Crippen LogP contribution in [0.4, 0.5) is 10.1 Å². The number of halogens is 2. The van der Waals surface area contributed by atoms with E-state index in [0.29, 0.717) is 10.7 Å². The third kappa shape index (κ3) is 4.75. The highest BCUT2D eigenvalue weighted by Crippen LogP contribution is 2.14. The highest BCUT2D eigenvalue weighted by Gasteiger charge is 2.22. The number of rotatable bonds is 5. The smallest absolute Gasteiger partial charge is 0.242 e. The summed E-state index contributed by atoms with van der Waals surface area (Å²) in [4.78, 5) is 12.0. The topological polar surface area (TPSA) is 75.3 Å². The maximum atomic E-state index is 12.8. The second kappa shape index (κ2) is 7.08. The zero-order valence-electron chi connectivity index (χ0n) is 12.1. The number of carbonyl (C=O) groups excluding carboxylic acids is 1.